The number of nitrogen functional groups attached to an aromatic ring is 1. The van der Waals surface area contributed by atoms with Crippen molar-refractivity contribution in [2.45, 2.75) is 0 Å². The average Bonchev–Trinajstić information content (AvgIpc) is 3.37. The lowest BCUT2D eigenvalue weighted by atomic mass is 9.99. The van der Waals surface area contributed by atoms with Crippen LogP contribution < -0.4 is 20.1 Å². The van der Waals surface area contributed by atoms with Gasteiger partial charge < -0.3 is 25.0 Å². The number of ether oxygens (including phenoxy) is 2. The molecule has 1 amide bonds. The molecule has 1 saturated heterocycles. The van der Waals surface area contributed by atoms with Crippen molar-refractivity contribution in [3.05, 3.63) is 89.8 Å². The third-order valence-electron chi connectivity index (χ3n) is 7.37. The summed E-state index contributed by atoms with van der Waals surface area (Å²) in [5.41, 5.74) is 12.1. The van der Waals surface area contributed by atoms with E-state index in [4.69, 9.17) is 20.2 Å². The van der Waals surface area contributed by atoms with Crippen LogP contribution in [0.4, 0.5) is 11.4 Å². The molecule has 3 heterocycles. The Kier molecular flexibility index (Phi) is 7.00. The highest BCUT2D eigenvalue weighted by molar-refractivity contribution is 7.21. The predicted octanol–water partition coefficient (Wildman–Crippen LogP) is 6.19. The molecule has 0 unspecified atom stereocenters. The Morgan fingerprint density at radius 1 is 0.825 bits per heavy atom. The first-order valence-corrected chi connectivity index (χ1v) is 14.0. The van der Waals surface area contributed by atoms with Gasteiger partial charge in [0.15, 0.2) is 0 Å². The molecule has 0 radical (unpaired) electrons. The van der Waals surface area contributed by atoms with Gasteiger partial charge in [-0.15, -0.1) is 11.3 Å². The van der Waals surface area contributed by atoms with E-state index in [2.05, 4.69) is 23.1 Å². The highest BCUT2D eigenvalue weighted by Gasteiger charge is 2.28. The van der Waals surface area contributed by atoms with Gasteiger partial charge in [-0.2, -0.15) is 0 Å². The maximum Gasteiger partial charge on any atom is 0.266 e. The Hall–Kier alpha value is -4.56. The summed E-state index contributed by atoms with van der Waals surface area (Å²) < 4.78 is 10.6. The van der Waals surface area contributed by atoms with Gasteiger partial charge in [-0.1, -0.05) is 42.5 Å². The molecule has 0 aliphatic carbocycles. The Morgan fingerprint density at radius 2 is 1.45 bits per heavy atom. The SMILES string of the molecule is COc1ccc(-c2cc(-c3ccccc3)nc3sc(C(=O)N4CCN(c5ccc(OC)cc5)CC4)c(N)c23)cc1. The largest absolute Gasteiger partial charge is 0.497 e. The van der Waals surface area contributed by atoms with Crippen LogP contribution in [0.25, 0.3) is 32.6 Å². The minimum Gasteiger partial charge on any atom is -0.497 e. The fraction of sp³-hybridized carbons (Fsp3) is 0.188. The molecule has 0 spiro atoms. The number of fused-ring (bicyclic) bond motifs is 1. The molecular weight excluding hydrogens is 520 g/mol. The van der Waals surface area contributed by atoms with Crippen molar-refractivity contribution in [2.75, 3.05) is 51.0 Å². The van der Waals surface area contributed by atoms with E-state index in [1.165, 1.54) is 11.3 Å². The zero-order valence-electron chi connectivity index (χ0n) is 22.5. The molecule has 2 N–H and O–H groups in total. The summed E-state index contributed by atoms with van der Waals surface area (Å²) in [6.07, 6.45) is 0. The molecule has 1 fully saturated rings. The molecule has 8 heteroatoms. The second-order valence-electron chi connectivity index (χ2n) is 9.65. The lowest BCUT2D eigenvalue weighted by Crippen LogP contribution is -2.48. The zero-order chi connectivity index (χ0) is 27.6. The van der Waals surface area contributed by atoms with Gasteiger partial charge in [-0.25, -0.2) is 4.98 Å². The quantitative estimate of drug-likeness (QED) is 0.271. The van der Waals surface area contributed by atoms with E-state index >= 15 is 0 Å². The van der Waals surface area contributed by atoms with Gasteiger partial charge >= 0.3 is 0 Å². The van der Waals surface area contributed by atoms with Crippen molar-refractivity contribution < 1.29 is 14.3 Å². The van der Waals surface area contributed by atoms with E-state index in [0.29, 0.717) is 23.7 Å². The second-order valence-corrected chi connectivity index (χ2v) is 10.7. The minimum absolute atomic E-state index is 0.0446. The third-order valence-corrected chi connectivity index (χ3v) is 8.46. The summed E-state index contributed by atoms with van der Waals surface area (Å²) in [5.74, 6) is 1.56. The molecular formula is C32H30N4O3S. The fourth-order valence-corrected chi connectivity index (χ4v) is 6.23. The fourth-order valence-electron chi connectivity index (χ4n) is 5.14. The molecule has 2 aromatic heterocycles. The van der Waals surface area contributed by atoms with Gasteiger partial charge in [0.1, 0.15) is 21.2 Å². The van der Waals surface area contributed by atoms with Crippen LogP contribution in [0.1, 0.15) is 9.67 Å². The van der Waals surface area contributed by atoms with Crippen LogP contribution in [-0.2, 0) is 0 Å². The molecule has 5 aromatic rings. The maximum atomic E-state index is 13.8. The zero-order valence-corrected chi connectivity index (χ0v) is 23.3. The number of carbonyl (C=O) groups excluding carboxylic acids is 1. The summed E-state index contributed by atoms with van der Waals surface area (Å²) >= 11 is 1.37. The number of amides is 1. The molecule has 0 bridgehead atoms. The number of rotatable bonds is 6. The van der Waals surface area contributed by atoms with E-state index < -0.39 is 0 Å². The van der Waals surface area contributed by atoms with Crippen molar-refractivity contribution in [2.24, 2.45) is 0 Å². The van der Waals surface area contributed by atoms with E-state index in [1.54, 1.807) is 14.2 Å². The van der Waals surface area contributed by atoms with Crippen molar-refractivity contribution in [1.82, 2.24) is 9.88 Å². The van der Waals surface area contributed by atoms with Crippen LogP contribution in [0.5, 0.6) is 11.5 Å². The van der Waals surface area contributed by atoms with Crippen LogP contribution in [-0.4, -0.2) is 56.2 Å². The molecule has 0 saturated carbocycles. The monoisotopic (exact) mass is 550 g/mol. The average molecular weight is 551 g/mol. The number of hydrogen-bond donors (Lipinski definition) is 1. The van der Waals surface area contributed by atoms with Crippen LogP contribution in [0, 0.1) is 0 Å². The topological polar surface area (TPSA) is 80.9 Å². The standard InChI is InChI=1S/C32H30N4O3S/c1-38-24-12-8-21(9-13-24)26-20-27(22-6-4-3-5-7-22)34-31-28(26)29(33)30(40-31)32(37)36-18-16-35(17-19-36)23-10-14-25(39-2)15-11-23/h3-15,20H,16-19,33H2,1-2H3. The summed E-state index contributed by atoms with van der Waals surface area (Å²) in [6.45, 7) is 2.73. The Bertz CT molecular complexity index is 1640. The highest BCUT2D eigenvalue weighted by Crippen LogP contribution is 2.42. The van der Waals surface area contributed by atoms with Gasteiger partial charge in [-0.3, -0.25) is 4.79 Å². The number of hydrogen-bond acceptors (Lipinski definition) is 7. The number of piperazine rings is 1. The summed E-state index contributed by atoms with van der Waals surface area (Å²) in [7, 11) is 3.32. The molecule has 0 atom stereocenters. The normalized spacial score (nSPS) is 13.4. The molecule has 7 nitrogen and oxygen atoms in total. The van der Waals surface area contributed by atoms with Crippen molar-refractivity contribution in [3.63, 3.8) is 0 Å². The molecule has 202 valence electrons. The number of carbonyl (C=O) groups is 1. The lowest BCUT2D eigenvalue weighted by molar-refractivity contribution is 0.0752. The van der Waals surface area contributed by atoms with Crippen molar-refractivity contribution >= 4 is 38.8 Å². The molecule has 6 rings (SSSR count). The minimum atomic E-state index is -0.0446. The number of nitrogens with zero attached hydrogens (tertiary/aromatic N) is 3. The number of methoxy groups -OCH3 is 2. The van der Waals surface area contributed by atoms with Gasteiger partial charge in [0.2, 0.25) is 0 Å². The van der Waals surface area contributed by atoms with Crippen LogP contribution in [0.15, 0.2) is 84.9 Å². The first kappa shape index (κ1) is 25.7. The Morgan fingerprint density at radius 3 is 2.08 bits per heavy atom. The van der Waals surface area contributed by atoms with E-state index in [9.17, 15) is 4.79 Å². The van der Waals surface area contributed by atoms with E-state index in [-0.39, 0.29) is 5.91 Å². The number of nitrogens with two attached hydrogens (primary N) is 1. The Balaban J connectivity index is 1.33. The van der Waals surface area contributed by atoms with Crippen molar-refractivity contribution in [1.29, 1.82) is 0 Å². The second kappa shape index (κ2) is 10.9. The molecule has 1 aliphatic heterocycles. The van der Waals surface area contributed by atoms with Crippen molar-refractivity contribution in [3.8, 4) is 33.9 Å². The molecule has 3 aromatic carbocycles. The van der Waals surface area contributed by atoms with Crippen LogP contribution in [0.2, 0.25) is 0 Å². The van der Waals surface area contributed by atoms with Gasteiger partial charge in [-0.05, 0) is 53.6 Å². The first-order chi connectivity index (χ1) is 19.6. The van der Waals surface area contributed by atoms with E-state index in [0.717, 1.165) is 62.9 Å². The summed E-state index contributed by atoms with van der Waals surface area (Å²) in [5, 5.41) is 0.815. The van der Waals surface area contributed by atoms with Gasteiger partial charge in [0.05, 0.1) is 25.6 Å². The molecule has 1 aliphatic rings. The summed E-state index contributed by atoms with van der Waals surface area (Å²) in [6, 6.07) is 28.0. The Labute approximate surface area is 237 Å². The number of aromatic nitrogens is 1. The highest BCUT2D eigenvalue weighted by atomic mass is 32.1. The van der Waals surface area contributed by atoms with Crippen LogP contribution >= 0.6 is 11.3 Å². The van der Waals surface area contributed by atoms with E-state index in [1.807, 2.05) is 71.6 Å². The smallest absolute Gasteiger partial charge is 0.266 e. The maximum absolute atomic E-state index is 13.8. The van der Waals surface area contributed by atoms with Gasteiger partial charge in [0.25, 0.3) is 5.91 Å². The number of pyridine rings is 1. The lowest BCUT2D eigenvalue weighted by Gasteiger charge is -2.36. The third kappa shape index (κ3) is 4.82. The van der Waals surface area contributed by atoms with Gasteiger partial charge in [0, 0.05) is 42.8 Å². The molecule has 40 heavy (non-hydrogen) atoms. The predicted molar refractivity (Wildman–Crippen MR) is 163 cm³/mol. The number of anilines is 2. The number of benzene rings is 3. The van der Waals surface area contributed by atoms with Crippen LogP contribution in [0.3, 0.4) is 0 Å². The first-order valence-electron chi connectivity index (χ1n) is 13.2. The number of thiophene rings is 1. The summed E-state index contributed by atoms with van der Waals surface area (Å²) in [4.78, 5) is 24.2.